The van der Waals surface area contributed by atoms with Crippen molar-refractivity contribution in [3.8, 4) is 17.1 Å². The normalized spacial score (nSPS) is 10.9. The maximum absolute atomic E-state index is 12.7. The van der Waals surface area contributed by atoms with E-state index in [1.807, 2.05) is 47.9 Å². The molecule has 0 fully saturated rings. The topological polar surface area (TPSA) is 60.7 Å². The predicted octanol–water partition coefficient (Wildman–Crippen LogP) is 5.92. The number of benzene rings is 2. The van der Waals surface area contributed by atoms with Gasteiger partial charge in [0.2, 0.25) is 0 Å². The summed E-state index contributed by atoms with van der Waals surface area (Å²) in [5.74, 6) is 0.811. The van der Waals surface area contributed by atoms with Gasteiger partial charge in [0.05, 0.1) is 15.8 Å². The number of hydrogen-bond donors (Lipinski definition) is 0. The molecule has 0 aliphatic carbocycles. The first-order valence-electron chi connectivity index (χ1n) is 9.07. The van der Waals surface area contributed by atoms with Gasteiger partial charge < -0.3 is 0 Å². The van der Waals surface area contributed by atoms with Crippen LogP contribution in [0.1, 0.15) is 15.9 Å². The second-order valence-corrected chi connectivity index (χ2v) is 8.31. The molecule has 0 aliphatic rings. The Kier molecular flexibility index (Phi) is 6.18. The third-order valence-electron chi connectivity index (χ3n) is 4.44. The van der Waals surface area contributed by atoms with E-state index in [0.29, 0.717) is 26.6 Å². The summed E-state index contributed by atoms with van der Waals surface area (Å²) in [5.41, 5.74) is 3.47. The van der Waals surface area contributed by atoms with E-state index in [0.717, 1.165) is 16.8 Å². The van der Waals surface area contributed by atoms with E-state index in [1.54, 1.807) is 30.6 Å². The highest BCUT2D eigenvalue weighted by atomic mass is 35.5. The van der Waals surface area contributed by atoms with Gasteiger partial charge in [0.15, 0.2) is 16.8 Å². The SMILES string of the molecule is Cc1ccc(-n2c(SCC(=O)c3ccc(Cl)c(Cl)c3)nnc2-c2ccncc2)cc1. The maximum Gasteiger partial charge on any atom is 0.196 e. The number of thioether (sulfide) groups is 1. The predicted molar refractivity (Wildman–Crippen MR) is 121 cm³/mol. The Morgan fingerprint density at radius 2 is 1.70 bits per heavy atom. The lowest BCUT2D eigenvalue weighted by Crippen LogP contribution is -2.05. The van der Waals surface area contributed by atoms with Gasteiger partial charge in [-0.2, -0.15) is 0 Å². The van der Waals surface area contributed by atoms with Crippen molar-refractivity contribution < 1.29 is 4.79 Å². The zero-order chi connectivity index (χ0) is 21.1. The highest BCUT2D eigenvalue weighted by Gasteiger charge is 2.18. The summed E-state index contributed by atoms with van der Waals surface area (Å²) in [6, 6.07) is 16.7. The average molecular weight is 455 g/mol. The summed E-state index contributed by atoms with van der Waals surface area (Å²) in [4.78, 5) is 16.7. The summed E-state index contributed by atoms with van der Waals surface area (Å²) in [6.07, 6.45) is 3.42. The number of halogens is 2. The van der Waals surface area contributed by atoms with Crippen molar-refractivity contribution in [1.82, 2.24) is 19.7 Å². The fourth-order valence-electron chi connectivity index (χ4n) is 2.86. The minimum Gasteiger partial charge on any atom is -0.293 e. The molecule has 5 nitrogen and oxygen atoms in total. The first-order valence-corrected chi connectivity index (χ1v) is 10.8. The van der Waals surface area contributed by atoms with Gasteiger partial charge in [-0.1, -0.05) is 52.7 Å². The van der Waals surface area contributed by atoms with Crippen LogP contribution in [-0.2, 0) is 0 Å². The number of ketones is 1. The maximum atomic E-state index is 12.7. The largest absolute Gasteiger partial charge is 0.293 e. The summed E-state index contributed by atoms with van der Waals surface area (Å²) in [5, 5.41) is 10.1. The van der Waals surface area contributed by atoms with E-state index in [1.165, 1.54) is 11.8 Å². The molecule has 4 rings (SSSR count). The minimum atomic E-state index is -0.0671. The number of aromatic nitrogens is 4. The molecule has 0 saturated heterocycles. The van der Waals surface area contributed by atoms with Crippen molar-refractivity contribution in [2.24, 2.45) is 0 Å². The number of nitrogens with zero attached hydrogens (tertiary/aromatic N) is 4. The second kappa shape index (κ2) is 9.00. The summed E-state index contributed by atoms with van der Waals surface area (Å²) in [6.45, 7) is 2.03. The van der Waals surface area contributed by atoms with Crippen LogP contribution in [0.4, 0.5) is 0 Å². The van der Waals surface area contributed by atoms with Crippen LogP contribution in [0.2, 0.25) is 10.0 Å². The number of aryl methyl sites for hydroxylation is 1. The van der Waals surface area contributed by atoms with Crippen molar-refractivity contribution in [1.29, 1.82) is 0 Å². The molecule has 0 unspecified atom stereocenters. The van der Waals surface area contributed by atoms with Gasteiger partial charge in [-0.15, -0.1) is 10.2 Å². The van der Waals surface area contributed by atoms with Crippen LogP contribution in [0.5, 0.6) is 0 Å². The van der Waals surface area contributed by atoms with Crippen LogP contribution in [0, 0.1) is 6.92 Å². The molecular formula is C22H16Cl2N4OS. The molecule has 0 atom stereocenters. The number of Topliss-reactive ketones (excluding diaryl/α,β-unsaturated/α-hetero) is 1. The Morgan fingerprint density at radius 1 is 0.967 bits per heavy atom. The molecule has 8 heteroatoms. The molecule has 0 spiro atoms. The van der Waals surface area contributed by atoms with Crippen LogP contribution in [0.15, 0.2) is 72.1 Å². The molecule has 0 aliphatic heterocycles. The fourth-order valence-corrected chi connectivity index (χ4v) is 4.01. The molecule has 30 heavy (non-hydrogen) atoms. The number of carbonyl (C=O) groups is 1. The average Bonchev–Trinajstić information content (AvgIpc) is 3.19. The minimum absolute atomic E-state index is 0.0671. The smallest absolute Gasteiger partial charge is 0.196 e. The van der Waals surface area contributed by atoms with Crippen molar-refractivity contribution in [2.75, 3.05) is 5.75 Å². The first kappa shape index (κ1) is 20.6. The summed E-state index contributed by atoms with van der Waals surface area (Å²) >= 11 is 13.3. The molecule has 150 valence electrons. The van der Waals surface area contributed by atoms with Gasteiger partial charge in [-0.05, 0) is 49.4 Å². The highest BCUT2D eigenvalue weighted by molar-refractivity contribution is 7.99. The lowest BCUT2D eigenvalue weighted by Gasteiger charge is -2.10. The van der Waals surface area contributed by atoms with Crippen LogP contribution >= 0.6 is 35.0 Å². The Hall–Kier alpha value is -2.67. The van der Waals surface area contributed by atoms with Crippen LogP contribution in [-0.4, -0.2) is 31.3 Å². The Bertz CT molecular complexity index is 1190. The first-order chi connectivity index (χ1) is 14.5. The Morgan fingerprint density at radius 3 is 2.40 bits per heavy atom. The lowest BCUT2D eigenvalue weighted by molar-refractivity contribution is 0.102. The number of carbonyl (C=O) groups excluding carboxylic acids is 1. The van der Waals surface area contributed by atoms with Crippen molar-refractivity contribution in [3.05, 3.63) is 88.2 Å². The monoisotopic (exact) mass is 454 g/mol. The van der Waals surface area contributed by atoms with Gasteiger partial charge >= 0.3 is 0 Å². The third kappa shape index (κ3) is 4.41. The van der Waals surface area contributed by atoms with Crippen molar-refractivity contribution >= 4 is 40.7 Å². The number of rotatable bonds is 6. The van der Waals surface area contributed by atoms with E-state index in [2.05, 4.69) is 15.2 Å². The summed E-state index contributed by atoms with van der Waals surface area (Å²) < 4.78 is 1.95. The van der Waals surface area contributed by atoms with Gasteiger partial charge in [-0.3, -0.25) is 14.3 Å². The third-order valence-corrected chi connectivity index (χ3v) is 6.11. The Labute approximate surface area is 188 Å². The van der Waals surface area contributed by atoms with Crippen molar-refractivity contribution in [2.45, 2.75) is 12.1 Å². The molecule has 0 bridgehead atoms. The molecule has 0 saturated carbocycles. The van der Waals surface area contributed by atoms with Crippen LogP contribution in [0.3, 0.4) is 0 Å². The molecule has 0 N–H and O–H groups in total. The standard InChI is InChI=1S/C22H16Cl2N4OS/c1-14-2-5-17(6-3-14)28-21(15-8-10-25-11-9-15)26-27-22(28)30-13-20(29)16-4-7-18(23)19(24)12-16/h2-12H,13H2,1H3. The summed E-state index contributed by atoms with van der Waals surface area (Å²) in [7, 11) is 0. The van der Waals surface area contributed by atoms with Gasteiger partial charge in [0, 0.05) is 29.2 Å². The zero-order valence-corrected chi connectivity index (χ0v) is 18.2. The molecule has 2 aromatic carbocycles. The highest BCUT2D eigenvalue weighted by Crippen LogP contribution is 2.29. The van der Waals surface area contributed by atoms with Gasteiger partial charge in [-0.25, -0.2) is 0 Å². The number of hydrogen-bond acceptors (Lipinski definition) is 5. The van der Waals surface area contributed by atoms with E-state index < -0.39 is 0 Å². The second-order valence-electron chi connectivity index (χ2n) is 6.55. The molecule has 0 radical (unpaired) electrons. The lowest BCUT2D eigenvalue weighted by atomic mass is 10.1. The Balaban J connectivity index is 1.66. The molecule has 2 heterocycles. The quantitative estimate of drug-likeness (QED) is 0.267. The van der Waals surface area contributed by atoms with E-state index in [-0.39, 0.29) is 11.5 Å². The van der Waals surface area contributed by atoms with Crippen LogP contribution in [0.25, 0.3) is 17.1 Å². The van der Waals surface area contributed by atoms with E-state index in [4.69, 9.17) is 23.2 Å². The van der Waals surface area contributed by atoms with Gasteiger partial charge in [0.1, 0.15) is 0 Å². The van der Waals surface area contributed by atoms with Crippen LogP contribution < -0.4 is 0 Å². The fraction of sp³-hybridized carbons (Fsp3) is 0.0909. The molecule has 4 aromatic rings. The molecular weight excluding hydrogens is 439 g/mol. The number of pyridine rings is 1. The van der Waals surface area contributed by atoms with Crippen molar-refractivity contribution in [3.63, 3.8) is 0 Å². The molecule has 0 amide bonds. The van der Waals surface area contributed by atoms with E-state index in [9.17, 15) is 4.79 Å². The zero-order valence-electron chi connectivity index (χ0n) is 15.9. The van der Waals surface area contributed by atoms with E-state index >= 15 is 0 Å². The molecule has 2 aromatic heterocycles. The van der Waals surface area contributed by atoms with Gasteiger partial charge in [0.25, 0.3) is 0 Å².